The Hall–Kier alpha value is -3.46. The lowest BCUT2D eigenvalue weighted by atomic mass is 10.0. The van der Waals surface area contributed by atoms with E-state index in [1.54, 1.807) is 6.07 Å². The predicted molar refractivity (Wildman–Crippen MR) is 264 cm³/mol. The van der Waals surface area contributed by atoms with Crippen LogP contribution in [0.5, 0.6) is 0 Å². The zero-order chi connectivity index (χ0) is 46.9. The van der Waals surface area contributed by atoms with Gasteiger partial charge < -0.3 is 25.6 Å². The molecule has 0 unspecified atom stereocenters. The molecule has 12 nitrogen and oxygen atoms in total. The van der Waals surface area contributed by atoms with Gasteiger partial charge >= 0.3 is 5.97 Å². The largest absolute Gasteiger partial charge is 0.467 e. The number of fused-ring (bicyclic) bond motifs is 2. The number of nitrogens with zero attached hydrogens (tertiary/aromatic N) is 2. The van der Waals surface area contributed by atoms with Gasteiger partial charge in [-0.05, 0) is 84.4 Å². The summed E-state index contributed by atoms with van der Waals surface area (Å²) in [5, 5.41) is 2.78. The highest BCUT2D eigenvalue weighted by Gasteiger charge is 2.46. The molecule has 3 rings (SSSR count). The van der Waals surface area contributed by atoms with Crippen molar-refractivity contribution in [3.8, 4) is 0 Å². The number of unbranched alkanes of at least 4 members (excludes halogenated alkanes) is 13. The van der Waals surface area contributed by atoms with Crippen LogP contribution in [0, 0.1) is 0 Å². The molecular weight excluding hydrogens is 847 g/mol. The van der Waals surface area contributed by atoms with Gasteiger partial charge in [-0.2, -0.15) is 11.8 Å². The van der Waals surface area contributed by atoms with Crippen LogP contribution in [-0.4, -0.2) is 99.1 Å². The summed E-state index contributed by atoms with van der Waals surface area (Å²) in [5.41, 5.74) is 10.5. The number of esters is 1. The number of ether oxygens (including phenoxy) is 1. The summed E-state index contributed by atoms with van der Waals surface area (Å²) in [5.74, 6) is -1.06. The van der Waals surface area contributed by atoms with Crippen molar-refractivity contribution in [3.63, 3.8) is 0 Å². The maximum absolute atomic E-state index is 14.2. The van der Waals surface area contributed by atoms with Gasteiger partial charge in [-0.25, -0.2) is 17.9 Å². The van der Waals surface area contributed by atoms with Crippen LogP contribution in [0.4, 0.5) is 5.69 Å². The first-order valence-corrected chi connectivity index (χ1v) is 26.9. The molecule has 0 aromatic heterocycles. The molecule has 2 heterocycles. The van der Waals surface area contributed by atoms with Crippen LogP contribution in [0.15, 0.2) is 53.1 Å². The number of benzene rings is 1. The molecule has 3 atom stereocenters. The van der Waals surface area contributed by atoms with Crippen molar-refractivity contribution in [3.05, 3.63) is 64.3 Å². The molecule has 0 saturated carbocycles. The average Bonchev–Trinajstić information content (AvgIpc) is 3.65. The molecule has 1 fully saturated rings. The summed E-state index contributed by atoms with van der Waals surface area (Å²) < 4.78 is 34.2. The van der Waals surface area contributed by atoms with Gasteiger partial charge in [0.15, 0.2) is 0 Å². The van der Waals surface area contributed by atoms with Gasteiger partial charge in [-0.3, -0.25) is 14.4 Å². The molecule has 360 valence electrons. The zero-order valence-corrected chi connectivity index (χ0v) is 41.7. The Morgan fingerprint density at radius 2 is 1.47 bits per heavy atom. The molecular formula is C50H81N5O7S2. The van der Waals surface area contributed by atoms with Gasteiger partial charge in [0.1, 0.15) is 12.1 Å². The molecule has 1 saturated heterocycles. The summed E-state index contributed by atoms with van der Waals surface area (Å²) in [6.07, 6.45) is 27.3. The molecule has 1 aromatic carbocycles. The van der Waals surface area contributed by atoms with Gasteiger partial charge in [0.2, 0.25) is 15.9 Å². The number of methoxy groups -OCH3 is 1. The van der Waals surface area contributed by atoms with Crippen LogP contribution in [0.1, 0.15) is 177 Å². The second kappa shape index (κ2) is 29.9. The Bertz CT molecular complexity index is 1840. The normalized spacial score (nSPS) is 17.2. The van der Waals surface area contributed by atoms with Crippen molar-refractivity contribution in [1.29, 1.82) is 0 Å². The molecule has 0 bridgehead atoms. The lowest BCUT2D eigenvalue weighted by molar-refractivity contribution is -0.142. The van der Waals surface area contributed by atoms with E-state index in [0.717, 1.165) is 44.9 Å². The van der Waals surface area contributed by atoms with Crippen LogP contribution in [0.25, 0.3) is 0 Å². The zero-order valence-electron chi connectivity index (χ0n) is 40.0. The first-order chi connectivity index (χ1) is 30.7. The highest BCUT2D eigenvalue weighted by molar-refractivity contribution is 7.99. The number of hydrogen-bond donors (Lipinski definition) is 3. The third kappa shape index (κ3) is 19.6. The van der Waals surface area contributed by atoms with Crippen molar-refractivity contribution >= 4 is 51.2 Å². The Balaban J connectivity index is 1.55. The molecule has 1 aromatic rings. The van der Waals surface area contributed by atoms with Crippen molar-refractivity contribution in [2.45, 2.75) is 175 Å². The highest BCUT2D eigenvalue weighted by Crippen LogP contribution is 2.33. The van der Waals surface area contributed by atoms with E-state index >= 15 is 0 Å². The summed E-state index contributed by atoms with van der Waals surface area (Å²) in [6, 6.07) is 2.05. The first-order valence-electron chi connectivity index (χ1n) is 24.1. The van der Waals surface area contributed by atoms with Crippen LogP contribution in [-0.2, 0) is 24.3 Å². The number of carbonyl (C=O) groups excluding carboxylic acids is 4. The fraction of sp³-hybridized carbons (Fsp3) is 0.680. The molecule has 14 heteroatoms. The molecule has 3 amide bonds. The molecule has 0 aliphatic carbocycles. The van der Waals surface area contributed by atoms with Crippen LogP contribution in [0.3, 0.4) is 0 Å². The van der Waals surface area contributed by atoms with Gasteiger partial charge in [-0.1, -0.05) is 125 Å². The number of nitrogens with two attached hydrogens (primary N) is 1. The average molecular weight is 928 g/mol. The van der Waals surface area contributed by atoms with Crippen LogP contribution < -0.4 is 20.7 Å². The van der Waals surface area contributed by atoms with Gasteiger partial charge in [-0.15, -0.1) is 0 Å². The van der Waals surface area contributed by atoms with E-state index in [0.29, 0.717) is 17.9 Å². The Kier molecular flexibility index (Phi) is 25.7. The second-order valence-corrected chi connectivity index (χ2v) is 20.9. The van der Waals surface area contributed by atoms with Crippen LogP contribution in [0.2, 0.25) is 0 Å². The third-order valence-electron chi connectivity index (χ3n) is 12.1. The lowest BCUT2D eigenvalue weighted by Crippen LogP contribution is -2.46. The van der Waals surface area contributed by atoms with Crippen molar-refractivity contribution < 1.29 is 32.3 Å². The minimum Gasteiger partial charge on any atom is -0.467 e. The van der Waals surface area contributed by atoms with Gasteiger partial charge in [0.05, 0.1) is 24.1 Å². The SMILES string of the molecule is CCCCCCCCCCCCCCCCS(=O)(=O)N[C@H]1C[C@H]2C(=O)N(CCN)c3ccc(C(=O)N[C@@H](CSC/C=C(\C)CC/C=C(\C)CCC=C(C)C)C(=O)OC)cc3C(=O)N2C1. The summed E-state index contributed by atoms with van der Waals surface area (Å²) in [6.45, 7) is 11.0. The second-order valence-electron chi connectivity index (χ2n) is 18.0. The monoisotopic (exact) mass is 928 g/mol. The minimum atomic E-state index is -3.65. The highest BCUT2D eigenvalue weighted by atomic mass is 32.2. The maximum Gasteiger partial charge on any atom is 0.329 e. The third-order valence-corrected chi connectivity index (χ3v) is 14.6. The fourth-order valence-corrected chi connectivity index (χ4v) is 10.7. The van der Waals surface area contributed by atoms with Crippen molar-refractivity contribution in [2.75, 3.05) is 48.9 Å². The van der Waals surface area contributed by atoms with Gasteiger partial charge in [0.25, 0.3) is 11.8 Å². The quantitative estimate of drug-likeness (QED) is 0.0362. The molecule has 2 aliphatic heterocycles. The number of amides is 3. The number of thioether (sulfide) groups is 1. The fourth-order valence-electron chi connectivity index (χ4n) is 8.35. The molecule has 0 radical (unpaired) electrons. The molecule has 2 aliphatic rings. The van der Waals surface area contributed by atoms with E-state index in [1.165, 1.54) is 122 Å². The Morgan fingerprint density at radius 3 is 2.06 bits per heavy atom. The van der Waals surface area contributed by atoms with E-state index in [9.17, 15) is 27.6 Å². The standard InChI is InChI=1S/C50H81N5O7S2/c1-7-8-9-10-11-12-13-14-15-16-17-18-19-20-33-64(60,61)53-42-35-46-49(58)54(31-30-51)45-28-27-41(34-43(45)48(57)55(46)36-42)47(56)52-44(50(59)62-6)37-63-32-29-40(5)26-22-25-39(4)24-21-23-38(2)3/h23,25,27-29,34,42,44,46,53H,7-22,24,26,30-33,35-37,51H2,1-6H3,(H,52,56)/b39-25+,40-29+/t42-,44-,46-/m0/s1. The summed E-state index contributed by atoms with van der Waals surface area (Å²) >= 11 is 1.50. The van der Waals surface area contributed by atoms with E-state index in [1.807, 2.05) is 0 Å². The van der Waals surface area contributed by atoms with E-state index in [2.05, 4.69) is 62.9 Å². The first kappa shape index (κ1) is 54.9. The smallest absolute Gasteiger partial charge is 0.329 e. The Labute approximate surface area is 390 Å². The molecule has 0 spiro atoms. The maximum atomic E-state index is 14.2. The van der Waals surface area contributed by atoms with Crippen LogP contribution >= 0.6 is 11.8 Å². The van der Waals surface area contributed by atoms with Crippen molar-refractivity contribution in [1.82, 2.24) is 14.9 Å². The van der Waals surface area contributed by atoms with E-state index in [4.69, 9.17) is 10.5 Å². The molecule has 64 heavy (non-hydrogen) atoms. The number of hydrogen-bond acceptors (Lipinski definition) is 9. The minimum absolute atomic E-state index is 0.00870. The number of carbonyl (C=O) groups is 4. The van der Waals surface area contributed by atoms with Crippen molar-refractivity contribution in [2.24, 2.45) is 5.73 Å². The van der Waals surface area contributed by atoms with Gasteiger partial charge in [0, 0.05) is 42.7 Å². The Morgan fingerprint density at radius 1 is 0.875 bits per heavy atom. The van der Waals surface area contributed by atoms with E-state index < -0.39 is 45.9 Å². The molecule has 4 N–H and O–H groups in total. The number of allylic oxidation sites excluding steroid dienone is 5. The topological polar surface area (TPSA) is 168 Å². The summed E-state index contributed by atoms with van der Waals surface area (Å²) in [7, 11) is -2.37. The number of sulfonamides is 1. The predicted octanol–water partition coefficient (Wildman–Crippen LogP) is 9.40. The summed E-state index contributed by atoms with van der Waals surface area (Å²) in [4.78, 5) is 57.5. The lowest BCUT2D eigenvalue weighted by Gasteiger charge is -2.25. The number of anilines is 1. The van der Waals surface area contributed by atoms with E-state index in [-0.39, 0.29) is 54.6 Å². The number of nitrogens with one attached hydrogen (secondary N) is 2. The number of rotatable bonds is 32.